The van der Waals surface area contributed by atoms with E-state index in [1.54, 1.807) is 23.4 Å². The number of thioether (sulfide) groups is 1. The Hall–Kier alpha value is -2.68. The molecule has 2 aromatic heterocycles. The fraction of sp³-hybridized carbons (Fsp3) is 0.381. The number of halogens is 2. The number of rotatable bonds is 3. The number of nitrogens with zero attached hydrogens (tertiary/aromatic N) is 4. The summed E-state index contributed by atoms with van der Waals surface area (Å²) in [6.45, 7) is 2.44. The minimum absolute atomic E-state index is 0.0590. The van der Waals surface area contributed by atoms with Crippen LogP contribution >= 0.6 is 11.8 Å². The standard InChI is InChI=1S/C20H20FN5OS.CH3F/c21-18-14(5-6-16(24-18)25-9-1-2-10-25)19-23-15-7-11-26(20(27)17(15)28-19)13-4-3-8-22-12-13;1-2/h3-6,8,12,19,23H,1-2,7,9-11H2;1H3. The SMILES string of the molecule is CF.O=C1C2=C(CCN1c1cccnc1)NC(c1ccc(N3CCCC3)nc1F)S2. The third-order valence-corrected chi connectivity index (χ3v) is 6.64. The number of nitrogens with one attached hydrogen (secondary N) is 1. The highest BCUT2D eigenvalue weighted by Crippen LogP contribution is 2.45. The first-order chi connectivity index (χ1) is 14.7. The van der Waals surface area contributed by atoms with E-state index in [4.69, 9.17) is 0 Å². The van der Waals surface area contributed by atoms with E-state index in [-0.39, 0.29) is 11.3 Å². The lowest BCUT2D eigenvalue weighted by molar-refractivity contribution is -0.114. The lowest BCUT2D eigenvalue weighted by Crippen LogP contribution is -2.37. The maximum atomic E-state index is 14.8. The molecule has 5 heterocycles. The Bertz CT molecular complexity index is 950. The number of carbonyl (C=O) groups excluding carboxylic acids is 1. The number of hydrogen-bond donors (Lipinski definition) is 1. The highest BCUT2D eigenvalue weighted by atomic mass is 32.2. The van der Waals surface area contributed by atoms with Crippen LogP contribution in [0, 0.1) is 5.95 Å². The molecule has 30 heavy (non-hydrogen) atoms. The number of aromatic nitrogens is 2. The van der Waals surface area contributed by atoms with E-state index in [9.17, 15) is 13.6 Å². The van der Waals surface area contributed by atoms with Crippen LogP contribution in [-0.2, 0) is 4.79 Å². The van der Waals surface area contributed by atoms with E-state index in [1.807, 2.05) is 18.2 Å². The van der Waals surface area contributed by atoms with Crippen LogP contribution in [0.1, 0.15) is 30.2 Å². The van der Waals surface area contributed by atoms with Crippen LogP contribution in [0.15, 0.2) is 47.3 Å². The molecular weight excluding hydrogens is 408 g/mol. The van der Waals surface area contributed by atoms with Crippen LogP contribution in [0.5, 0.6) is 0 Å². The number of hydrogen-bond acceptors (Lipinski definition) is 6. The van der Waals surface area contributed by atoms with E-state index in [2.05, 4.69) is 20.2 Å². The van der Waals surface area contributed by atoms with Crippen molar-refractivity contribution in [3.63, 3.8) is 0 Å². The number of pyridine rings is 2. The molecule has 0 spiro atoms. The van der Waals surface area contributed by atoms with Gasteiger partial charge in [0.05, 0.1) is 24.0 Å². The summed E-state index contributed by atoms with van der Waals surface area (Å²) in [5.74, 6) is 0.167. The third-order valence-electron chi connectivity index (χ3n) is 5.37. The second kappa shape index (κ2) is 8.99. The zero-order valence-corrected chi connectivity index (χ0v) is 17.5. The molecule has 0 bridgehead atoms. The zero-order valence-electron chi connectivity index (χ0n) is 16.6. The quantitative estimate of drug-likeness (QED) is 0.747. The van der Waals surface area contributed by atoms with Gasteiger partial charge in [-0.05, 0) is 37.1 Å². The largest absolute Gasteiger partial charge is 0.371 e. The van der Waals surface area contributed by atoms with Crippen molar-refractivity contribution in [2.75, 3.05) is 36.6 Å². The lowest BCUT2D eigenvalue weighted by atomic mass is 10.1. The van der Waals surface area contributed by atoms with Gasteiger partial charge in [-0.1, -0.05) is 11.8 Å². The van der Waals surface area contributed by atoms with Gasteiger partial charge in [0.15, 0.2) is 0 Å². The molecule has 9 heteroatoms. The van der Waals surface area contributed by atoms with Crippen molar-refractivity contribution in [3.8, 4) is 0 Å². The molecule has 5 rings (SSSR count). The normalized spacial score (nSPS) is 20.6. The van der Waals surface area contributed by atoms with E-state index < -0.39 is 5.95 Å². The van der Waals surface area contributed by atoms with Gasteiger partial charge in [-0.15, -0.1) is 0 Å². The van der Waals surface area contributed by atoms with Crippen LogP contribution in [0.25, 0.3) is 0 Å². The van der Waals surface area contributed by atoms with Crippen molar-refractivity contribution in [2.45, 2.75) is 24.6 Å². The second-order valence-electron chi connectivity index (χ2n) is 7.11. The van der Waals surface area contributed by atoms with E-state index in [0.29, 0.717) is 36.4 Å². The Balaban J connectivity index is 0.00000106. The van der Waals surface area contributed by atoms with Gasteiger partial charge in [-0.3, -0.25) is 14.2 Å². The number of amides is 1. The summed E-state index contributed by atoms with van der Waals surface area (Å²) in [7, 11) is 0.500. The molecule has 1 fully saturated rings. The van der Waals surface area contributed by atoms with Crippen molar-refractivity contribution in [1.82, 2.24) is 15.3 Å². The van der Waals surface area contributed by atoms with Crippen LogP contribution in [0.4, 0.5) is 20.3 Å². The second-order valence-corrected chi connectivity index (χ2v) is 8.23. The highest BCUT2D eigenvalue weighted by Gasteiger charge is 2.37. The van der Waals surface area contributed by atoms with Gasteiger partial charge in [0.1, 0.15) is 11.2 Å². The maximum Gasteiger partial charge on any atom is 0.266 e. The van der Waals surface area contributed by atoms with Gasteiger partial charge >= 0.3 is 0 Å². The summed E-state index contributed by atoms with van der Waals surface area (Å²) in [6.07, 6.45) is 6.33. The van der Waals surface area contributed by atoms with Crippen molar-refractivity contribution >= 4 is 29.2 Å². The van der Waals surface area contributed by atoms with Crippen LogP contribution in [0.2, 0.25) is 0 Å². The average molecular weight is 432 g/mol. The summed E-state index contributed by atoms with van der Waals surface area (Å²) < 4.78 is 24.3. The highest BCUT2D eigenvalue weighted by molar-refractivity contribution is 8.04. The summed E-state index contributed by atoms with van der Waals surface area (Å²) in [5.41, 5.74) is 2.16. The van der Waals surface area contributed by atoms with Crippen molar-refractivity contribution < 1.29 is 13.6 Å². The van der Waals surface area contributed by atoms with E-state index in [1.165, 1.54) is 11.8 Å². The fourth-order valence-corrected chi connectivity index (χ4v) is 5.16. The third kappa shape index (κ3) is 3.86. The van der Waals surface area contributed by atoms with Crippen molar-refractivity contribution in [2.24, 2.45) is 0 Å². The molecule has 0 radical (unpaired) electrons. The summed E-state index contributed by atoms with van der Waals surface area (Å²) in [5, 5.41) is 3.00. The van der Waals surface area contributed by atoms with Gasteiger partial charge in [0.2, 0.25) is 5.95 Å². The van der Waals surface area contributed by atoms with Crippen LogP contribution < -0.4 is 15.1 Å². The lowest BCUT2D eigenvalue weighted by Gasteiger charge is -2.26. The predicted molar refractivity (Wildman–Crippen MR) is 114 cm³/mol. The Morgan fingerprint density at radius 3 is 2.67 bits per heavy atom. The molecular formula is C21H23F2N5OS. The van der Waals surface area contributed by atoms with Gasteiger partial charge in [0, 0.05) is 43.5 Å². The first kappa shape index (κ1) is 20.6. The molecule has 158 valence electrons. The summed E-state index contributed by atoms with van der Waals surface area (Å²) in [6, 6.07) is 7.37. The van der Waals surface area contributed by atoms with E-state index in [0.717, 1.165) is 37.3 Å². The first-order valence-electron chi connectivity index (χ1n) is 9.88. The smallest absolute Gasteiger partial charge is 0.266 e. The first-order valence-corrected chi connectivity index (χ1v) is 10.8. The molecule has 0 saturated carbocycles. The zero-order chi connectivity index (χ0) is 21.1. The summed E-state index contributed by atoms with van der Waals surface area (Å²) in [4.78, 5) is 25.7. The molecule has 1 unspecified atom stereocenters. The maximum absolute atomic E-state index is 14.8. The predicted octanol–water partition coefficient (Wildman–Crippen LogP) is 3.79. The molecule has 3 aliphatic heterocycles. The molecule has 0 aliphatic carbocycles. The van der Waals surface area contributed by atoms with Crippen molar-refractivity contribution in [3.05, 3.63) is 58.8 Å². The van der Waals surface area contributed by atoms with Crippen molar-refractivity contribution in [1.29, 1.82) is 0 Å². The molecule has 1 atom stereocenters. The van der Waals surface area contributed by atoms with E-state index >= 15 is 0 Å². The Kier molecular flexibility index (Phi) is 6.17. The molecule has 1 amide bonds. The van der Waals surface area contributed by atoms with Gasteiger partial charge in [-0.2, -0.15) is 4.39 Å². The minimum Gasteiger partial charge on any atom is -0.371 e. The molecule has 1 N–H and O–H groups in total. The molecule has 3 aliphatic rings. The molecule has 1 saturated heterocycles. The number of anilines is 2. The minimum atomic E-state index is -0.467. The molecule has 6 nitrogen and oxygen atoms in total. The molecule has 0 aromatic carbocycles. The Labute approximate surface area is 178 Å². The van der Waals surface area contributed by atoms with Crippen LogP contribution in [-0.4, -0.2) is 42.7 Å². The number of carbonyl (C=O) groups is 1. The van der Waals surface area contributed by atoms with Gasteiger partial charge in [0.25, 0.3) is 5.91 Å². The Morgan fingerprint density at radius 1 is 1.17 bits per heavy atom. The Morgan fingerprint density at radius 2 is 1.97 bits per heavy atom. The topological polar surface area (TPSA) is 61.4 Å². The summed E-state index contributed by atoms with van der Waals surface area (Å²) >= 11 is 1.37. The van der Waals surface area contributed by atoms with Gasteiger partial charge < -0.3 is 15.1 Å². The monoisotopic (exact) mass is 431 g/mol. The number of alkyl halides is 1. The van der Waals surface area contributed by atoms with Gasteiger partial charge in [-0.25, -0.2) is 4.98 Å². The van der Waals surface area contributed by atoms with Crippen LogP contribution in [0.3, 0.4) is 0 Å². The average Bonchev–Trinajstić information content (AvgIpc) is 3.47. The molecule has 2 aromatic rings. The fourth-order valence-electron chi connectivity index (χ4n) is 3.91.